The van der Waals surface area contributed by atoms with E-state index >= 15 is 0 Å². The quantitative estimate of drug-likeness (QED) is 0.858. The summed E-state index contributed by atoms with van der Waals surface area (Å²) in [5.41, 5.74) is 1.06. The number of benzene rings is 1. The van der Waals surface area contributed by atoms with Crippen LogP contribution in [0, 0.1) is 5.92 Å². The molecular formula is C18H26N2O4S. The molecule has 2 rings (SSSR count). The highest BCUT2D eigenvalue weighted by molar-refractivity contribution is 7.89. The highest BCUT2D eigenvalue weighted by atomic mass is 32.2. The summed E-state index contributed by atoms with van der Waals surface area (Å²) < 4.78 is 22.8. The van der Waals surface area contributed by atoms with Gasteiger partial charge in [0.2, 0.25) is 5.91 Å². The third-order valence-corrected chi connectivity index (χ3v) is 5.11. The van der Waals surface area contributed by atoms with E-state index in [4.69, 9.17) is 0 Å². The van der Waals surface area contributed by atoms with Gasteiger partial charge >= 0.3 is 0 Å². The number of amides is 2. The smallest absolute Gasteiger partial charge is 0.251 e. The van der Waals surface area contributed by atoms with Crippen LogP contribution in [0.15, 0.2) is 24.3 Å². The van der Waals surface area contributed by atoms with Gasteiger partial charge in [0.05, 0.1) is 5.75 Å². The monoisotopic (exact) mass is 366 g/mol. The molecule has 0 aliphatic carbocycles. The summed E-state index contributed by atoms with van der Waals surface area (Å²) in [6, 6.07) is 6.72. The van der Waals surface area contributed by atoms with E-state index in [2.05, 4.69) is 5.32 Å². The van der Waals surface area contributed by atoms with Crippen LogP contribution >= 0.6 is 0 Å². The number of carbonyl (C=O) groups excluding carboxylic acids is 2. The first-order valence-electron chi connectivity index (χ1n) is 8.52. The number of hydrogen-bond donors (Lipinski definition) is 1. The SMILES string of the molecule is CC(C)C(=O)N1CCC(NC(=O)c2cccc(CS(C)(=O)=O)c2)CC1. The molecule has 0 spiro atoms. The van der Waals surface area contributed by atoms with Crippen molar-refractivity contribution >= 4 is 21.7 Å². The highest BCUT2D eigenvalue weighted by Crippen LogP contribution is 2.15. The second-order valence-electron chi connectivity index (χ2n) is 7.00. The highest BCUT2D eigenvalue weighted by Gasteiger charge is 2.25. The molecule has 0 saturated carbocycles. The van der Waals surface area contributed by atoms with E-state index in [-0.39, 0.29) is 29.5 Å². The Balaban J connectivity index is 1.93. The topological polar surface area (TPSA) is 83.6 Å². The second-order valence-corrected chi connectivity index (χ2v) is 9.14. The first-order chi connectivity index (χ1) is 11.7. The summed E-state index contributed by atoms with van der Waals surface area (Å²) in [6.45, 7) is 5.07. The van der Waals surface area contributed by atoms with E-state index in [0.717, 1.165) is 12.8 Å². The van der Waals surface area contributed by atoms with Crippen molar-refractivity contribution in [3.63, 3.8) is 0 Å². The Morgan fingerprint density at radius 1 is 1.24 bits per heavy atom. The van der Waals surface area contributed by atoms with Gasteiger partial charge in [-0.3, -0.25) is 9.59 Å². The Kier molecular flexibility index (Phi) is 6.21. The zero-order valence-corrected chi connectivity index (χ0v) is 15.8. The zero-order valence-electron chi connectivity index (χ0n) is 15.0. The number of piperidine rings is 1. The van der Waals surface area contributed by atoms with Gasteiger partial charge < -0.3 is 10.2 Å². The molecule has 6 nitrogen and oxygen atoms in total. The maximum absolute atomic E-state index is 12.4. The number of likely N-dealkylation sites (tertiary alicyclic amines) is 1. The van der Waals surface area contributed by atoms with Crippen molar-refractivity contribution in [1.29, 1.82) is 0 Å². The lowest BCUT2D eigenvalue weighted by molar-refractivity contribution is -0.135. The van der Waals surface area contributed by atoms with Crippen molar-refractivity contribution in [3.8, 4) is 0 Å². The lowest BCUT2D eigenvalue weighted by Gasteiger charge is -2.33. The fourth-order valence-corrected chi connectivity index (χ4v) is 3.77. The lowest BCUT2D eigenvalue weighted by Crippen LogP contribution is -2.47. The molecule has 1 aliphatic heterocycles. The first-order valence-corrected chi connectivity index (χ1v) is 10.6. The van der Waals surface area contributed by atoms with E-state index in [0.29, 0.717) is 24.2 Å². The predicted molar refractivity (Wildman–Crippen MR) is 96.9 cm³/mol. The molecule has 7 heteroatoms. The molecule has 0 aromatic heterocycles. The van der Waals surface area contributed by atoms with Crippen LogP contribution < -0.4 is 5.32 Å². The molecule has 1 aromatic carbocycles. The van der Waals surface area contributed by atoms with Crippen molar-refractivity contribution in [2.24, 2.45) is 5.92 Å². The van der Waals surface area contributed by atoms with Crippen LogP contribution in [0.1, 0.15) is 42.6 Å². The largest absolute Gasteiger partial charge is 0.349 e. The summed E-state index contributed by atoms with van der Waals surface area (Å²) in [5, 5.41) is 2.99. The molecule has 2 amide bonds. The number of carbonyl (C=O) groups is 2. The molecule has 0 radical (unpaired) electrons. The Bertz CT molecular complexity index is 735. The summed E-state index contributed by atoms with van der Waals surface area (Å²) in [7, 11) is -3.14. The number of nitrogens with one attached hydrogen (secondary N) is 1. The van der Waals surface area contributed by atoms with E-state index in [1.54, 1.807) is 24.3 Å². The Labute approximate surface area is 149 Å². The molecule has 1 fully saturated rings. The van der Waals surface area contributed by atoms with Crippen molar-refractivity contribution < 1.29 is 18.0 Å². The van der Waals surface area contributed by atoms with Crippen LogP contribution in [0.4, 0.5) is 0 Å². The maximum Gasteiger partial charge on any atom is 0.251 e. The van der Waals surface area contributed by atoms with Crippen molar-refractivity contribution in [2.45, 2.75) is 38.5 Å². The summed E-state index contributed by atoms with van der Waals surface area (Å²) in [6.07, 6.45) is 2.63. The van der Waals surface area contributed by atoms with Gasteiger partial charge in [0.25, 0.3) is 5.91 Å². The van der Waals surface area contributed by atoms with Crippen LogP contribution in [0.2, 0.25) is 0 Å². The van der Waals surface area contributed by atoms with Gasteiger partial charge in [-0.1, -0.05) is 26.0 Å². The van der Waals surface area contributed by atoms with Crippen molar-refractivity contribution in [3.05, 3.63) is 35.4 Å². The number of hydrogen-bond acceptors (Lipinski definition) is 4. The minimum atomic E-state index is -3.14. The Hall–Kier alpha value is -1.89. The van der Waals surface area contributed by atoms with Gasteiger partial charge in [-0.25, -0.2) is 8.42 Å². The molecule has 0 atom stereocenters. The zero-order chi connectivity index (χ0) is 18.6. The Morgan fingerprint density at radius 3 is 2.44 bits per heavy atom. The minimum Gasteiger partial charge on any atom is -0.349 e. The van der Waals surface area contributed by atoms with Gasteiger partial charge in [-0.2, -0.15) is 0 Å². The average Bonchev–Trinajstić information content (AvgIpc) is 2.53. The molecular weight excluding hydrogens is 340 g/mol. The van der Waals surface area contributed by atoms with Crippen molar-refractivity contribution in [2.75, 3.05) is 19.3 Å². The van der Waals surface area contributed by atoms with Crippen LogP contribution in [-0.2, 0) is 20.4 Å². The number of rotatable bonds is 5. The van der Waals surface area contributed by atoms with Gasteiger partial charge in [0.15, 0.2) is 9.84 Å². The minimum absolute atomic E-state index is 0.0104. The maximum atomic E-state index is 12.4. The molecule has 1 heterocycles. The molecule has 1 N–H and O–H groups in total. The number of nitrogens with zero attached hydrogens (tertiary/aromatic N) is 1. The molecule has 1 aromatic rings. The molecule has 0 bridgehead atoms. The van der Waals surface area contributed by atoms with Gasteiger partial charge in [-0.05, 0) is 30.5 Å². The molecule has 1 saturated heterocycles. The second kappa shape index (κ2) is 7.99. The van der Waals surface area contributed by atoms with E-state index < -0.39 is 9.84 Å². The normalized spacial score (nSPS) is 16.1. The van der Waals surface area contributed by atoms with Gasteiger partial charge in [0.1, 0.15) is 0 Å². The molecule has 1 aliphatic rings. The van der Waals surface area contributed by atoms with Crippen LogP contribution in [-0.4, -0.2) is 50.5 Å². The third kappa shape index (κ3) is 5.85. The van der Waals surface area contributed by atoms with Crippen LogP contribution in [0.3, 0.4) is 0 Å². The average molecular weight is 366 g/mol. The predicted octanol–water partition coefficient (Wildman–Crippen LogP) is 1.61. The molecule has 138 valence electrons. The summed E-state index contributed by atoms with van der Waals surface area (Å²) in [5.74, 6) is -0.143. The lowest BCUT2D eigenvalue weighted by atomic mass is 10.0. The van der Waals surface area contributed by atoms with Gasteiger partial charge in [-0.15, -0.1) is 0 Å². The van der Waals surface area contributed by atoms with Gasteiger partial charge in [0, 0.05) is 36.9 Å². The summed E-state index contributed by atoms with van der Waals surface area (Å²) in [4.78, 5) is 26.2. The van der Waals surface area contributed by atoms with E-state index in [1.165, 1.54) is 6.26 Å². The fraction of sp³-hybridized carbons (Fsp3) is 0.556. The third-order valence-electron chi connectivity index (χ3n) is 4.25. The van der Waals surface area contributed by atoms with Crippen LogP contribution in [0.5, 0.6) is 0 Å². The van der Waals surface area contributed by atoms with Crippen LogP contribution in [0.25, 0.3) is 0 Å². The van der Waals surface area contributed by atoms with E-state index in [9.17, 15) is 18.0 Å². The summed E-state index contributed by atoms with van der Waals surface area (Å²) >= 11 is 0. The Morgan fingerprint density at radius 2 is 1.88 bits per heavy atom. The fourth-order valence-electron chi connectivity index (χ4n) is 2.98. The first kappa shape index (κ1) is 19.4. The van der Waals surface area contributed by atoms with E-state index in [1.807, 2.05) is 18.7 Å². The molecule has 25 heavy (non-hydrogen) atoms. The van der Waals surface area contributed by atoms with Crippen molar-refractivity contribution in [1.82, 2.24) is 10.2 Å². The standard InChI is InChI=1S/C18H26N2O4S/c1-13(2)18(22)20-9-7-16(8-10-20)19-17(21)15-6-4-5-14(11-15)12-25(3,23)24/h4-6,11,13,16H,7-10,12H2,1-3H3,(H,19,21). The number of sulfone groups is 1. The molecule has 0 unspecified atom stereocenters.